The van der Waals surface area contributed by atoms with E-state index in [9.17, 15) is 5.11 Å². The largest absolute Gasteiger partial charge is 0.506 e. The number of benzene rings is 1. The lowest BCUT2D eigenvalue weighted by atomic mass is 10.2. The molecular formula is C14H11N3O2. The van der Waals surface area contributed by atoms with Gasteiger partial charge in [-0.2, -0.15) is 5.26 Å². The van der Waals surface area contributed by atoms with Crippen LogP contribution in [0.15, 0.2) is 47.8 Å². The summed E-state index contributed by atoms with van der Waals surface area (Å²) in [6.07, 6.45) is 2.90. The standard InChI is InChI=1S/C14H11N3O2/c15-8-11-3-5-12(6-4-11)10-19-17-9-13-14(18)2-1-7-16-13/h1-7,9,18H,10H2. The van der Waals surface area contributed by atoms with Gasteiger partial charge in [0.25, 0.3) is 0 Å². The van der Waals surface area contributed by atoms with Crippen molar-refractivity contribution < 1.29 is 9.94 Å². The highest BCUT2D eigenvalue weighted by atomic mass is 16.6. The number of nitriles is 1. The van der Waals surface area contributed by atoms with Crippen molar-refractivity contribution in [1.82, 2.24) is 4.98 Å². The predicted molar refractivity (Wildman–Crippen MR) is 69.4 cm³/mol. The second kappa shape index (κ2) is 6.17. The van der Waals surface area contributed by atoms with Crippen LogP contribution in [0.4, 0.5) is 0 Å². The van der Waals surface area contributed by atoms with Crippen molar-refractivity contribution >= 4 is 6.21 Å². The Balaban J connectivity index is 1.90. The van der Waals surface area contributed by atoms with Gasteiger partial charge in [0.2, 0.25) is 0 Å². The van der Waals surface area contributed by atoms with Gasteiger partial charge in [-0.25, -0.2) is 0 Å². The summed E-state index contributed by atoms with van der Waals surface area (Å²) in [5.41, 5.74) is 1.86. The molecule has 0 saturated carbocycles. The smallest absolute Gasteiger partial charge is 0.142 e. The van der Waals surface area contributed by atoms with Gasteiger partial charge in [0.15, 0.2) is 0 Å². The van der Waals surface area contributed by atoms with E-state index in [2.05, 4.69) is 10.1 Å². The van der Waals surface area contributed by atoms with Crippen LogP contribution < -0.4 is 0 Å². The van der Waals surface area contributed by atoms with Crippen LogP contribution in [0.25, 0.3) is 0 Å². The Labute approximate surface area is 110 Å². The topological polar surface area (TPSA) is 78.5 Å². The van der Waals surface area contributed by atoms with Crippen LogP contribution >= 0.6 is 0 Å². The first-order valence-corrected chi connectivity index (χ1v) is 5.58. The summed E-state index contributed by atoms with van der Waals surface area (Å²) in [5, 5.41) is 21.8. The van der Waals surface area contributed by atoms with Crippen molar-refractivity contribution in [3.8, 4) is 11.8 Å². The number of hydrogen-bond acceptors (Lipinski definition) is 5. The molecule has 0 amide bonds. The van der Waals surface area contributed by atoms with E-state index in [0.29, 0.717) is 11.3 Å². The number of aromatic hydroxyl groups is 1. The van der Waals surface area contributed by atoms with Crippen molar-refractivity contribution in [3.05, 3.63) is 59.4 Å². The van der Waals surface area contributed by atoms with Crippen LogP contribution in [0.1, 0.15) is 16.8 Å². The maximum absolute atomic E-state index is 9.44. The highest BCUT2D eigenvalue weighted by Crippen LogP contribution is 2.10. The molecule has 0 saturated heterocycles. The molecule has 0 atom stereocenters. The maximum Gasteiger partial charge on any atom is 0.142 e. The van der Waals surface area contributed by atoms with Gasteiger partial charge in [-0.1, -0.05) is 17.3 Å². The van der Waals surface area contributed by atoms with Gasteiger partial charge in [-0.05, 0) is 29.8 Å². The molecule has 0 radical (unpaired) electrons. The quantitative estimate of drug-likeness (QED) is 0.669. The first kappa shape index (κ1) is 12.6. The molecule has 2 rings (SSSR count). The van der Waals surface area contributed by atoms with E-state index in [1.807, 2.05) is 6.07 Å². The Morgan fingerprint density at radius 2 is 2.11 bits per heavy atom. The summed E-state index contributed by atoms with van der Waals surface area (Å²) in [6.45, 7) is 0.288. The molecule has 94 valence electrons. The minimum Gasteiger partial charge on any atom is -0.506 e. The highest BCUT2D eigenvalue weighted by molar-refractivity contribution is 5.79. The second-order valence-electron chi connectivity index (χ2n) is 3.72. The van der Waals surface area contributed by atoms with Crippen LogP contribution in [-0.4, -0.2) is 16.3 Å². The van der Waals surface area contributed by atoms with Gasteiger partial charge < -0.3 is 9.94 Å². The molecule has 0 bridgehead atoms. The molecule has 1 aromatic heterocycles. The molecule has 2 aromatic rings. The molecule has 0 aliphatic carbocycles. The summed E-state index contributed by atoms with van der Waals surface area (Å²) in [5.74, 6) is 0.0493. The zero-order valence-corrected chi connectivity index (χ0v) is 10.0. The monoisotopic (exact) mass is 253 g/mol. The lowest BCUT2D eigenvalue weighted by molar-refractivity contribution is 0.132. The number of rotatable bonds is 4. The maximum atomic E-state index is 9.44. The molecule has 19 heavy (non-hydrogen) atoms. The Hall–Kier alpha value is -2.87. The van der Waals surface area contributed by atoms with Crippen molar-refractivity contribution in [1.29, 1.82) is 5.26 Å². The van der Waals surface area contributed by atoms with Crippen molar-refractivity contribution in [3.63, 3.8) is 0 Å². The van der Waals surface area contributed by atoms with E-state index in [1.165, 1.54) is 12.3 Å². The fourth-order valence-electron chi connectivity index (χ4n) is 1.38. The Bertz CT molecular complexity index is 615. The Morgan fingerprint density at radius 1 is 1.32 bits per heavy atom. The molecule has 0 spiro atoms. The SMILES string of the molecule is N#Cc1ccc(CON=Cc2ncccc2O)cc1. The second-order valence-corrected chi connectivity index (χ2v) is 3.72. The van der Waals surface area contributed by atoms with Gasteiger partial charge in [0.05, 0.1) is 17.8 Å². The van der Waals surface area contributed by atoms with Gasteiger partial charge in [0, 0.05) is 6.20 Å². The minimum atomic E-state index is 0.0493. The summed E-state index contributed by atoms with van der Waals surface area (Å²) in [4.78, 5) is 9.02. The first-order chi connectivity index (χ1) is 9.29. The summed E-state index contributed by atoms with van der Waals surface area (Å²) < 4.78 is 0. The van der Waals surface area contributed by atoms with Gasteiger partial charge in [-0.3, -0.25) is 4.98 Å². The predicted octanol–water partition coefficient (Wildman–Crippen LogP) is 2.21. The van der Waals surface area contributed by atoms with Crippen LogP contribution in [0, 0.1) is 11.3 Å². The Morgan fingerprint density at radius 3 is 2.79 bits per heavy atom. The first-order valence-electron chi connectivity index (χ1n) is 5.58. The van der Waals surface area contributed by atoms with E-state index < -0.39 is 0 Å². The van der Waals surface area contributed by atoms with Gasteiger partial charge >= 0.3 is 0 Å². The highest BCUT2D eigenvalue weighted by Gasteiger charge is 1.97. The lowest BCUT2D eigenvalue weighted by Crippen LogP contribution is -1.90. The molecule has 1 heterocycles. The Kier molecular flexibility index (Phi) is 4.09. The summed E-state index contributed by atoms with van der Waals surface area (Å²) >= 11 is 0. The molecule has 5 heteroatoms. The zero-order valence-electron chi connectivity index (χ0n) is 10.0. The average Bonchev–Trinajstić information content (AvgIpc) is 2.46. The van der Waals surface area contributed by atoms with E-state index in [0.717, 1.165) is 5.56 Å². The van der Waals surface area contributed by atoms with Crippen molar-refractivity contribution in [2.24, 2.45) is 5.16 Å². The third kappa shape index (κ3) is 3.54. The third-order valence-electron chi connectivity index (χ3n) is 2.38. The van der Waals surface area contributed by atoms with Crippen molar-refractivity contribution in [2.45, 2.75) is 6.61 Å². The number of nitrogens with zero attached hydrogens (tertiary/aromatic N) is 3. The lowest BCUT2D eigenvalue weighted by Gasteiger charge is -2.00. The van der Waals surface area contributed by atoms with E-state index in [1.54, 1.807) is 36.5 Å². The fourth-order valence-corrected chi connectivity index (χ4v) is 1.38. The number of hydrogen-bond donors (Lipinski definition) is 1. The molecule has 0 aliphatic heterocycles. The number of aromatic nitrogens is 1. The van der Waals surface area contributed by atoms with Gasteiger partial charge in [-0.15, -0.1) is 0 Å². The van der Waals surface area contributed by atoms with Crippen LogP contribution in [0.5, 0.6) is 5.75 Å². The molecule has 1 N–H and O–H groups in total. The van der Waals surface area contributed by atoms with Gasteiger partial charge in [0.1, 0.15) is 18.1 Å². The molecule has 0 aliphatic rings. The van der Waals surface area contributed by atoms with Crippen LogP contribution in [0.2, 0.25) is 0 Å². The van der Waals surface area contributed by atoms with Crippen LogP contribution in [0.3, 0.4) is 0 Å². The van der Waals surface area contributed by atoms with E-state index >= 15 is 0 Å². The minimum absolute atomic E-state index is 0.0493. The normalized spacial score (nSPS) is 10.3. The van der Waals surface area contributed by atoms with E-state index in [4.69, 9.17) is 10.1 Å². The third-order valence-corrected chi connectivity index (χ3v) is 2.38. The zero-order chi connectivity index (χ0) is 13.5. The number of pyridine rings is 1. The number of oxime groups is 1. The van der Waals surface area contributed by atoms with E-state index in [-0.39, 0.29) is 12.4 Å². The molecular weight excluding hydrogens is 242 g/mol. The molecule has 0 fully saturated rings. The molecule has 5 nitrogen and oxygen atoms in total. The van der Waals surface area contributed by atoms with Crippen molar-refractivity contribution in [2.75, 3.05) is 0 Å². The average molecular weight is 253 g/mol. The molecule has 0 unspecified atom stereocenters. The molecule has 1 aromatic carbocycles. The van der Waals surface area contributed by atoms with Crippen LogP contribution in [-0.2, 0) is 11.4 Å². The summed E-state index contributed by atoms with van der Waals surface area (Å²) in [6, 6.07) is 12.2. The fraction of sp³-hybridized carbons (Fsp3) is 0.0714. The summed E-state index contributed by atoms with van der Waals surface area (Å²) in [7, 11) is 0.